The molecule has 5 heterocycles. The molecule has 3 N–H and O–H groups in total. The highest BCUT2D eigenvalue weighted by molar-refractivity contribution is 7.85. The van der Waals surface area contributed by atoms with Gasteiger partial charge in [-0.15, -0.1) is 0 Å². The molecule has 11 rings (SSSR count). The number of carbonyl (C=O) groups is 5. The molecule has 2 unspecified atom stereocenters. The zero-order valence-corrected chi connectivity index (χ0v) is 54.2. The summed E-state index contributed by atoms with van der Waals surface area (Å²) in [5.41, 5.74) is 4.73. The number of anilines is 2. The maximum atomic E-state index is 13.8. The Labute approximate surface area is 539 Å². The van der Waals surface area contributed by atoms with Crippen molar-refractivity contribution in [1.82, 2.24) is 29.5 Å². The predicted octanol–water partition coefficient (Wildman–Crippen LogP) is 6.66. The average Bonchev–Trinajstić information content (AvgIpc) is 0.750. The smallest absolute Gasteiger partial charge is 0.355 e. The lowest BCUT2D eigenvalue weighted by Gasteiger charge is -2.69. The molecule has 0 radical (unpaired) electrons. The van der Waals surface area contributed by atoms with Crippen molar-refractivity contribution in [2.45, 2.75) is 90.8 Å². The zero-order chi connectivity index (χ0) is 64.9. The number of rotatable bonds is 38. The van der Waals surface area contributed by atoms with Gasteiger partial charge in [-0.1, -0.05) is 49.4 Å². The van der Waals surface area contributed by atoms with Crippen LogP contribution in [0.15, 0.2) is 72.9 Å². The van der Waals surface area contributed by atoms with E-state index in [1.165, 1.54) is 28.4 Å². The first kappa shape index (κ1) is 68.2. The van der Waals surface area contributed by atoms with E-state index in [-0.39, 0.29) is 111 Å². The first-order valence-electron chi connectivity index (χ1n) is 31.4. The first-order valence-corrected chi connectivity index (χ1v) is 33.9. The summed E-state index contributed by atoms with van der Waals surface area (Å²) in [6.07, 6.45) is 10.6. The second-order valence-corrected chi connectivity index (χ2v) is 27.9. The van der Waals surface area contributed by atoms with Gasteiger partial charge in [0.25, 0.3) is 27.8 Å². The number of carboxylic acids is 1. The van der Waals surface area contributed by atoms with E-state index in [2.05, 4.69) is 24.1 Å². The van der Waals surface area contributed by atoms with Crippen molar-refractivity contribution in [2.75, 3.05) is 141 Å². The van der Waals surface area contributed by atoms with Crippen molar-refractivity contribution in [3.8, 4) is 11.1 Å². The van der Waals surface area contributed by atoms with Crippen LogP contribution in [0.2, 0.25) is 0 Å². The van der Waals surface area contributed by atoms with Crippen LogP contribution in [0.5, 0.6) is 0 Å². The second kappa shape index (κ2) is 30.6. The molecule has 4 saturated carbocycles. The molecule has 4 aliphatic carbocycles. The number of amides is 4. The molecule has 2 aliphatic heterocycles. The maximum Gasteiger partial charge on any atom is 0.355 e. The van der Waals surface area contributed by atoms with Gasteiger partial charge in [0.2, 0.25) is 5.91 Å². The molecule has 0 saturated heterocycles. The monoisotopic (exact) mass is 1310 g/mol. The summed E-state index contributed by atoms with van der Waals surface area (Å²) in [5, 5.41) is 19.1. The number of pyridine rings is 1. The van der Waals surface area contributed by atoms with Gasteiger partial charge in [-0.25, -0.2) is 14.8 Å². The highest BCUT2D eigenvalue weighted by Crippen LogP contribution is 2.72. The number of aromatic carboxylic acids is 1. The minimum Gasteiger partial charge on any atom is -0.476 e. The van der Waals surface area contributed by atoms with Crippen LogP contribution in [0.4, 0.5) is 10.9 Å². The standard InChI is InChI=1S/C65H84N8O17S2/c1-46-50(48-11-12-54(68-58(48)60(78)79)71-17-15-47-7-6-8-49(51(47)38-71)59(77)69-61-67-52-9-4-5-10-53(52)91-61)37-66-73(46)45-64-40-62(2)39-63(3,41-64)43-65(42-62,44-64)90-35-34-84-22-18-70(20-36-92(80,81)82)55(74)16-21-83-24-26-86-28-30-88-32-33-89-31-29-87-27-25-85-23-19-72-56(75)13-14-57(72)76/h4-14,37H,15-36,38-45H2,1-3H3,(H,78,79)(H,67,69,77)(H,80,81,82). The summed E-state index contributed by atoms with van der Waals surface area (Å²) in [7, 11) is -4.34. The second-order valence-electron chi connectivity index (χ2n) is 25.3. The normalized spacial score (nSPS) is 21.7. The van der Waals surface area contributed by atoms with E-state index >= 15 is 0 Å². The zero-order valence-electron chi connectivity index (χ0n) is 52.6. The number of hydrogen-bond donors (Lipinski definition) is 3. The van der Waals surface area contributed by atoms with Crippen LogP contribution >= 0.6 is 11.3 Å². The lowest BCUT2D eigenvalue weighted by atomic mass is 9.39. The molecule has 4 amide bonds. The number of carboxylic acid groups (broad SMARTS) is 1. The highest BCUT2D eigenvalue weighted by atomic mass is 32.2. The molecule has 2 atom stereocenters. The molecular weight excluding hydrogens is 1230 g/mol. The van der Waals surface area contributed by atoms with Crippen LogP contribution in [0, 0.1) is 23.2 Å². The summed E-state index contributed by atoms with van der Waals surface area (Å²) in [4.78, 5) is 77.1. The van der Waals surface area contributed by atoms with Crippen molar-refractivity contribution in [3.63, 3.8) is 0 Å². The lowest BCUT2D eigenvalue weighted by Crippen LogP contribution is -2.64. The molecule has 4 bridgehead atoms. The van der Waals surface area contributed by atoms with Gasteiger partial charge >= 0.3 is 5.97 Å². The summed E-state index contributed by atoms with van der Waals surface area (Å²) >= 11 is 1.42. The number of para-hydroxylation sites is 1. The van der Waals surface area contributed by atoms with Gasteiger partial charge in [0.1, 0.15) is 5.82 Å². The van der Waals surface area contributed by atoms with Crippen molar-refractivity contribution in [3.05, 3.63) is 101 Å². The number of thiazole rings is 1. The van der Waals surface area contributed by atoms with Crippen molar-refractivity contribution in [1.29, 1.82) is 0 Å². The topological polar surface area (TPSA) is 299 Å². The van der Waals surface area contributed by atoms with E-state index in [1.807, 2.05) is 71.1 Å². The Morgan fingerprint density at radius 2 is 1.34 bits per heavy atom. The SMILES string of the molecule is Cc1c(-c2ccc(N3CCc4cccc(C(=O)Nc5nc6ccccc6s5)c4C3)nc2C(=O)O)cnn1CC12CC3(C)CC(C)(C1)CC(OCCOCCN(CCS(=O)(=O)O)C(=O)CCOCCOCCOCCOCCOCCOCCN1C(=O)C=CC1=O)(C3)C2. The van der Waals surface area contributed by atoms with E-state index in [0.29, 0.717) is 113 Å². The third-order valence-corrected chi connectivity index (χ3v) is 19.4. The fraction of sp³-hybridized carbons (Fsp3) is 0.569. The molecule has 5 aromatic rings. The Morgan fingerprint density at radius 1 is 0.707 bits per heavy atom. The van der Waals surface area contributed by atoms with Gasteiger partial charge in [0.15, 0.2) is 10.8 Å². The van der Waals surface area contributed by atoms with Gasteiger partial charge in [-0.2, -0.15) is 13.5 Å². The van der Waals surface area contributed by atoms with E-state index in [9.17, 15) is 42.0 Å². The van der Waals surface area contributed by atoms with E-state index in [1.54, 1.807) is 6.20 Å². The number of hydrogen-bond acceptors (Lipinski definition) is 20. The maximum absolute atomic E-state index is 13.8. The van der Waals surface area contributed by atoms with Gasteiger partial charge in [-0.05, 0) is 110 Å². The third kappa shape index (κ3) is 17.8. The minimum atomic E-state index is -4.34. The average molecular weight is 1310 g/mol. The van der Waals surface area contributed by atoms with Crippen LogP contribution in [-0.4, -0.2) is 214 Å². The Morgan fingerprint density at radius 3 is 1.99 bits per heavy atom. The number of fused-ring (bicyclic) bond motifs is 2. The molecule has 4 fully saturated rings. The number of carbonyl (C=O) groups excluding carboxylic acids is 4. The van der Waals surface area contributed by atoms with Crippen molar-refractivity contribution in [2.24, 2.45) is 16.2 Å². The van der Waals surface area contributed by atoms with E-state index < -0.39 is 27.4 Å². The molecule has 6 aliphatic rings. The van der Waals surface area contributed by atoms with Gasteiger partial charge in [-0.3, -0.25) is 38.6 Å². The quantitative estimate of drug-likeness (QED) is 0.0211. The summed E-state index contributed by atoms with van der Waals surface area (Å²) in [6, 6.07) is 17.1. The molecule has 3 aromatic heterocycles. The van der Waals surface area contributed by atoms with E-state index in [4.69, 9.17) is 48.0 Å². The fourth-order valence-corrected chi connectivity index (χ4v) is 16.2. The summed E-state index contributed by atoms with van der Waals surface area (Å²) in [5.74, 6) is -2.54. The summed E-state index contributed by atoms with van der Waals surface area (Å²) < 4.78 is 81.9. The molecule has 25 nitrogen and oxygen atoms in total. The molecule has 498 valence electrons. The molecule has 0 spiro atoms. The Kier molecular flexibility index (Phi) is 22.7. The molecule has 92 heavy (non-hydrogen) atoms. The number of benzene rings is 2. The fourth-order valence-electron chi connectivity index (χ4n) is 14.9. The van der Waals surface area contributed by atoms with Crippen LogP contribution < -0.4 is 10.2 Å². The first-order chi connectivity index (χ1) is 44.2. The van der Waals surface area contributed by atoms with Crippen LogP contribution in [-0.2, 0) is 81.9 Å². The van der Waals surface area contributed by atoms with Crippen LogP contribution in [0.3, 0.4) is 0 Å². The third-order valence-electron chi connectivity index (χ3n) is 17.8. The minimum absolute atomic E-state index is 0.0108. The number of nitrogens with zero attached hydrogens (tertiary/aromatic N) is 7. The number of nitrogens with one attached hydrogen (secondary N) is 1. The lowest BCUT2D eigenvalue weighted by molar-refractivity contribution is -0.250. The number of imide groups is 1. The van der Waals surface area contributed by atoms with E-state index in [0.717, 1.165) is 70.5 Å². The summed E-state index contributed by atoms with van der Waals surface area (Å²) in [6.45, 7) is 12.8. The van der Waals surface area contributed by atoms with Crippen molar-refractivity contribution < 1.29 is 79.9 Å². The van der Waals surface area contributed by atoms with Crippen LogP contribution in [0.25, 0.3) is 21.3 Å². The van der Waals surface area contributed by atoms with Gasteiger partial charge < -0.3 is 52.8 Å². The number of ether oxygens (including phenoxy) is 8. The van der Waals surface area contributed by atoms with Gasteiger partial charge in [0, 0.05) is 67.3 Å². The van der Waals surface area contributed by atoms with Crippen molar-refractivity contribution >= 4 is 72.2 Å². The molecule has 27 heteroatoms. The largest absolute Gasteiger partial charge is 0.476 e. The predicted molar refractivity (Wildman–Crippen MR) is 340 cm³/mol. The highest BCUT2D eigenvalue weighted by Gasteiger charge is 2.66. The van der Waals surface area contributed by atoms with Crippen LogP contribution in [0.1, 0.15) is 96.5 Å². The Balaban J connectivity index is 0.638. The Bertz CT molecular complexity index is 3510. The number of aromatic nitrogens is 4. The molecular formula is C65H84N8O17S2. The van der Waals surface area contributed by atoms with Gasteiger partial charge in [0.05, 0.1) is 140 Å². The molecule has 2 aromatic carbocycles. The Hall–Kier alpha value is -6.63.